The van der Waals surface area contributed by atoms with Gasteiger partial charge in [-0.05, 0) is 37.1 Å². The van der Waals surface area contributed by atoms with Gasteiger partial charge in [-0.3, -0.25) is 0 Å². The molecule has 1 rings (SSSR count). The van der Waals surface area contributed by atoms with Crippen LogP contribution in [0.2, 0.25) is 0 Å². The van der Waals surface area contributed by atoms with Crippen molar-refractivity contribution in [1.82, 2.24) is 0 Å². The van der Waals surface area contributed by atoms with Gasteiger partial charge in [0, 0.05) is 4.47 Å². The summed E-state index contributed by atoms with van der Waals surface area (Å²) in [6.45, 7) is 1.54. The van der Waals surface area contributed by atoms with Crippen molar-refractivity contribution in [2.24, 2.45) is 0 Å². The summed E-state index contributed by atoms with van der Waals surface area (Å²) in [4.78, 5) is 0. The number of aliphatic hydroxyl groups excluding tert-OH is 1. The zero-order chi connectivity index (χ0) is 11.6. The van der Waals surface area contributed by atoms with Crippen LogP contribution in [-0.2, 0) is 12.6 Å². The molecule has 5 heteroatoms. The second kappa shape index (κ2) is 4.53. The minimum atomic E-state index is -4.35. The quantitative estimate of drug-likeness (QED) is 0.882. The van der Waals surface area contributed by atoms with Crippen molar-refractivity contribution in [2.75, 3.05) is 0 Å². The average Bonchev–Trinajstić information content (AvgIpc) is 1.99. The monoisotopic (exact) mass is 282 g/mol. The van der Waals surface area contributed by atoms with Crippen molar-refractivity contribution in [2.45, 2.75) is 25.6 Å². The molecular formula is C10H10BrF3O. The number of hydrogen-bond acceptors (Lipinski definition) is 1. The minimum absolute atomic E-state index is 0.211. The molecule has 1 aromatic rings. The normalized spacial score (nSPS) is 14.0. The first kappa shape index (κ1) is 12.5. The topological polar surface area (TPSA) is 20.2 Å². The van der Waals surface area contributed by atoms with E-state index in [9.17, 15) is 13.2 Å². The molecule has 0 bridgehead atoms. The zero-order valence-corrected chi connectivity index (χ0v) is 9.56. The Bertz CT molecular complexity index is 347. The second-order valence-electron chi connectivity index (χ2n) is 3.40. The lowest BCUT2D eigenvalue weighted by Crippen LogP contribution is -2.08. The summed E-state index contributed by atoms with van der Waals surface area (Å²) < 4.78 is 37.6. The van der Waals surface area contributed by atoms with Crippen molar-refractivity contribution in [3.05, 3.63) is 33.8 Å². The number of benzene rings is 1. The summed E-state index contributed by atoms with van der Waals surface area (Å²) in [5, 5.41) is 9.09. The molecule has 0 saturated heterocycles. The average molecular weight is 283 g/mol. The van der Waals surface area contributed by atoms with Crippen LogP contribution in [-0.4, -0.2) is 11.2 Å². The Hall–Kier alpha value is -0.550. The van der Waals surface area contributed by atoms with Crippen LogP contribution in [0.5, 0.6) is 0 Å². The molecule has 1 atom stereocenters. The maximum atomic E-state index is 12.4. The van der Waals surface area contributed by atoms with Crippen LogP contribution in [0.3, 0.4) is 0 Å². The SMILES string of the molecule is CC(O)Cc1cc(Br)cc(C(F)(F)F)c1. The largest absolute Gasteiger partial charge is 0.416 e. The second-order valence-corrected chi connectivity index (χ2v) is 4.31. The highest BCUT2D eigenvalue weighted by Gasteiger charge is 2.31. The fourth-order valence-electron chi connectivity index (χ4n) is 1.27. The third-order valence-corrected chi connectivity index (χ3v) is 2.27. The standard InChI is InChI=1S/C10H10BrF3O/c1-6(15)2-7-3-8(10(12,13)14)5-9(11)4-7/h3-6,15H,2H2,1H3. The van der Waals surface area contributed by atoms with Crippen molar-refractivity contribution in [3.8, 4) is 0 Å². The van der Waals surface area contributed by atoms with E-state index in [1.54, 1.807) is 6.07 Å². The summed E-state index contributed by atoms with van der Waals surface area (Å²) in [6, 6.07) is 3.64. The Morgan fingerprint density at radius 3 is 2.40 bits per heavy atom. The summed E-state index contributed by atoms with van der Waals surface area (Å²) >= 11 is 3.01. The van der Waals surface area contributed by atoms with Gasteiger partial charge in [-0.1, -0.05) is 15.9 Å². The first-order chi connectivity index (χ1) is 6.79. The Balaban J connectivity index is 3.06. The lowest BCUT2D eigenvalue weighted by molar-refractivity contribution is -0.137. The first-order valence-electron chi connectivity index (χ1n) is 4.34. The molecule has 15 heavy (non-hydrogen) atoms. The fraction of sp³-hybridized carbons (Fsp3) is 0.400. The lowest BCUT2D eigenvalue weighted by Gasteiger charge is -2.11. The van der Waals surface area contributed by atoms with Crippen LogP contribution in [0.25, 0.3) is 0 Å². The molecule has 1 aromatic carbocycles. The minimum Gasteiger partial charge on any atom is -0.393 e. The highest BCUT2D eigenvalue weighted by atomic mass is 79.9. The molecule has 0 fully saturated rings. The van der Waals surface area contributed by atoms with Gasteiger partial charge in [-0.15, -0.1) is 0 Å². The number of hydrogen-bond donors (Lipinski definition) is 1. The molecule has 0 aliphatic heterocycles. The van der Waals surface area contributed by atoms with Crippen LogP contribution in [0.1, 0.15) is 18.1 Å². The van der Waals surface area contributed by atoms with Gasteiger partial charge in [0.15, 0.2) is 0 Å². The molecule has 1 unspecified atom stereocenters. The van der Waals surface area contributed by atoms with Crippen molar-refractivity contribution >= 4 is 15.9 Å². The molecule has 0 amide bonds. The number of aliphatic hydroxyl groups is 1. The maximum Gasteiger partial charge on any atom is 0.416 e. The molecule has 0 aliphatic carbocycles. The van der Waals surface area contributed by atoms with Crippen molar-refractivity contribution in [1.29, 1.82) is 0 Å². The first-order valence-corrected chi connectivity index (χ1v) is 5.13. The molecule has 1 N–H and O–H groups in total. The van der Waals surface area contributed by atoms with E-state index in [0.29, 0.717) is 10.0 Å². The van der Waals surface area contributed by atoms with Gasteiger partial charge in [0.05, 0.1) is 11.7 Å². The van der Waals surface area contributed by atoms with E-state index in [2.05, 4.69) is 15.9 Å². The van der Waals surface area contributed by atoms with E-state index in [-0.39, 0.29) is 6.42 Å². The van der Waals surface area contributed by atoms with E-state index in [0.717, 1.165) is 12.1 Å². The Morgan fingerprint density at radius 1 is 1.33 bits per heavy atom. The van der Waals surface area contributed by atoms with Crippen molar-refractivity contribution in [3.63, 3.8) is 0 Å². The lowest BCUT2D eigenvalue weighted by atomic mass is 10.1. The maximum absolute atomic E-state index is 12.4. The van der Waals surface area contributed by atoms with Gasteiger partial charge in [0.2, 0.25) is 0 Å². The van der Waals surface area contributed by atoms with Gasteiger partial charge >= 0.3 is 6.18 Å². The predicted molar refractivity (Wildman–Crippen MR) is 54.5 cm³/mol. The molecule has 0 heterocycles. The van der Waals surface area contributed by atoms with E-state index in [4.69, 9.17) is 5.11 Å². The van der Waals surface area contributed by atoms with Crippen LogP contribution < -0.4 is 0 Å². The smallest absolute Gasteiger partial charge is 0.393 e. The van der Waals surface area contributed by atoms with Gasteiger partial charge in [0.25, 0.3) is 0 Å². The van der Waals surface area contributed by atoms with E-state index < -0.39 is 17.8 Å². The van der Waals surface area contributed by atoms with Gasteiger partial charge < -0.3 is 5.11 Å². The summed E-state index contributed by atoms with van der Waals surface area (Å²) in [5.74, 6) is 0. The summed E-state index contributed by atoms with van der Waals surface area (Å²) in [6.07, 6.45) is -4.79. The highest BCUT2D eigenvalue weighted by molar-refractivity contribution is 9.10. The third kappa shape index (κ3) is 3.83. The van der Waals surface area contributed by atoms with Crippen LogP contribution in [0.4, 0.5) is 13.2 Å². The van der Waals surface area contributed by atoms with E-state index >= 15 is 0 Å². The third-order valence-electron chi connectivity index (χ3n) is 1.82. The van der Waals surface area contributed by atoms with Crippen LogP contribution >= 0.6 is 15.9 Å². The van der Waals surface area contributed by atoms with E-state index in [1.165, 1.54) is 6.92 Å². The molecule has 0 aliphatic rings. The number of alkyl halides is 3. The highest BCUT2D eigenvalue weighted by Crippen LogP contribution is 2.32. The molecule has 0 aromatic heterocycles. The predicted octanol–water partition coefficient (Wildman–Crippen LogP) is 3.39. The van der Waals surface area contributed by atoms with Gasteiger partial charge in [-0.25, -0.2) is 0 Å². The number of halogens is 4. The molecule has 0 saturated carbocycles. The molecule has 84 valence electrons. The summed E-state index contributed by atoms with van der Waals surface area (Å²) in [5.41, 5.74) is -0.237. The van der Waals surface area contributed by atoms with Crippen LogP contribution in [0.15, 0.2) is 22.7 Å². The zero-order valence-electron chi connectivity index (χ0n) is 7.98. The molecule has 0 radical (unpaired) electrons. The fourth-order valence-corrected chi connectivity index (χ4v) is 1.81. The summed E-state index contributed by atoms with van der Waals surface area (Å²) in [7, 11) is 0. The Morgan fingerprint density at radius 2 is 1.93 bits per heavy atom. The van der Waals surface area contributed by atoms with Crippen molar-refractivity contribution < 1.29 is 18.3 Å². The molecular weight excluding hydrogens is 273 g/mol. The number of rotatable bonds is 2. The van der Waals surface area contributed by atoms with E-state index in [1.807, 2.05) is 0 Å². The Labute approximate surface area is 94.0 Å². The van der Waals surface area contributed by atoms with Gasteiger partial charge in [0.1, 0.15) is 0 Å². The molecule has 1 nitrogen and oxygen atoms in total. The van der Waals surface area contributed by atoms with Gasteiger partial charge in [-0.2, -0.15) is 13.2 Å². The Kier molecular flexibility index (Phi) is 3.78. The molecule has 0 spiro atoms. The van der Waals surface area contributed by atoms with Crippen LogP contribution in [0, 0.1) is 0 Å².